The summed E-state index contributed by atoms with van der Waals surface area (Å²) in [5, 5.41) is 22.1. The van der Waals surface area contributed by atoms with Gasteiger partial charge in [0.1, 0.15) is 6.04 Å². The number of nitrogens with one attached hydrogen (secondary N) is 1. The number of allylic oxidation sites excluding steroid dienone is 1. The van der Waals surface area contributed by atoms with Crippen molar-refractivity contribution in [3.63, 3.8) is 0 Å². The van der Waals surface area contributed by atoms with Crippen molar-refractivity contribution in [1.29, 1.82) is 0 Å². The molecule has 2 rings (SSSR count). The van der Waals surface area contributed by atoms with Gasteiger partial charge in [0, 0.05) is 12.8 Å². The van der Waals surface area contributed by atoms with Gasteiger partial charge in [-0.05, 0) is 13.3 Å². The zero-order valence-electron chi connectivity index (χ0n) is 12.0. The monoisotopic (exact) mass is 296 g/mol. The molecular formula is C14H20N2O5. The molecule has 2 fully saturated rings. The van der Waals surface area contributed by atoms with Gasteiger partial charge in [-0.1, -0.05) is 12.2 Å². The van der Waals surface area contributed by atoms with Crippen LogP contribution in [-0.4, -0.2) is 57.1 Å². The molecule has 7 heteroatoms. The van der Waals surface area contributed by atoms with E-state index in [-0.39, 0.29) is 24.2 Å². The summed E-state index contributed by atoms with van der Waals surface area (Å²) in [5.74, 6) is -1.95. The van der Waals surface area contributed by atoms with Gasteiger partial charge in [0.25, 0.3) is 0 Å². The van der Waals surface area contributed by atoms with Crippen LogP contribution in [0.1, 0.15) is 26.7 Å². The number of carboxylic acid groups (broad SMARTS) is 1. The predicted molar refractivity (Wildman–Crippen MR) is 73.2 cm³/mol. The number of carboxylic acids is 1. The van der Waals surface area contributed by atoms with E-state index < -0.39 is 30.2 Å². The minimum absolute atomic E-state index is 0.173. The second kappa shape index (κ2) is 5.85. The Morgan fingerprint density at radius 3 is 2.62 bits per heavy atom. The molecule has 0 radical (unpaired) electrons. The van der Waals surface area contributed by atoms with E-state index in [0.29, 0.717) is 6.42 Å². The van der Waals surface area contributed by atoms with Crippen molar-refractivity contribution in [3.05, 3.63) is 12.2 Å². The Labute approximate surface area is 122 Å². The highest BCUT2D eigenvalue weighted by molar-refractivity contribution is 5.86. The fraction of sp³-hybridized carbons (Fsp3) is 0.643. The van der Waals surface area contributed by atoms with Crippen molar-refractivity contribution in [1.82, 2.24) is 10.2 Å². The first-order valence-corrected chi connectivity index (χ1v) is 6.98. The van der Waals surface area contributed by atoms with Crippen LogP contribution < -0.4 is 5.32 Å². The molecule has 0 unspecified atom stereocenters. The summed E-state index contributed by atoms with van der Waals surface area (Å²) in [6, 6.07) is -2.08. The quantitative estimate of drug-likeness (QED) is 0.609. The summed E-state index contributed by atoms with van der Waals surface area (Å²) in [6.45, 7) is 3.15. The minimum atomic E-state index is -1.06. The number of rotatable bonds is 3. The molecule has 3 N–H and O–H groups in total. The molecular weight excluding hydrogens is 276 g/mol. The first-order valence-electron chi connectivity index (χ1n) is 6.98. The summed E-state index contributed by atoms with van der Waals surface area (Å²) >= 11 is 0. The number of hydrogen-bond donors (Lipinski definition) is 3. The molecule has 2 saturated heterocycles. The van der Waals surface area contributed by atoms with Crippen molar-refractivity contribution in [2.75, 3.05) is 0 Å². The SMILES string of the molecule is C/C=C\[C@@H]1C[C@H](C(=O)O)N2C(=O)C[C@@H](O)[C@H](NC(C)=O)[C@@H]12. The summed E-state index contributed by atoms with van der Waals surface area (Å²) in [5.41, 5.74) is 0. The first-order chi connectivity index (χ1) is 9.86. The van der Waals surface area contributed by atoms with Crippen molar-refractivity contribution in [3.8, 4) is 0 Å². The van der Waals surface area contributed by atoms with Crippen molar-refractivity contribution in [2.45, 2.75) is 50.9 Å². The first kappa shape index (κ1) is 15.5. The molecule has 5 atom stereocenters. The molecule has 2 aliphatic rings. The lowest BCUT2D eigenvalue weighted by Crippen LogP contribution is -2.64. The van der Waals surface area contributed by atoms with Crippen molar-refractivity contribution >= 4 is 17.8 Å². The molecule has 2 aliphatic heterocycles. The average Bonchev–Trinajstić information content (AvgIpc) is 2.75. The third-order valence-electron chi connectivity index (χ3n) is 4.14. The van der Waals surface area contributed by atoms with Crippen LogP contribution in [0.5, 0.6) is 0 Å². The average molecular weight is 296 g/mol. The van der Waals surface area contributed by atoms with E-state index in [1.165, 1.54) is 11.8 Å². The zero-order chi connectivity index (χ0) is 15.7. The van der Waals surface area contributed by atoms with Gasteiger partial charge in [0.2, 0.25) is 11.8 Å². The fourth-order valence-corrected chi connectivity index (χ4v) is 3.42. The Kier molecular flexibility index (Phi) is 4.32. The Morgan fingerprint density at radius 1 is 1.43 bits per heavy atom. The van der Waals surface area contributed by atoms with E-state index in [1.807, 2.05) is 13.0 Å². The lowest BCUT2D eigenvalue weighted by molar-refractivity contribution is -0.155. The maximum Gasteiger partial charge on any atom is 0.326 e. The van der Waals surface area contributed by atoms with Crippen molar-refractivity contribution in [2.24, 2.45) is 5.92 Å². The Morgan fingerprint density at radius 2 is 2.10 bits per heavy atom. The number of carbonyl (C=O) groups excluding carboxylic acids is 2. The molecule has 0 bridgehead atoms. The summed E-state index contributed by atoms with van der Waals surface area (Å²) < 4.78 is 0. The van der Waals surface area contributed by atoms with E-state index in [2.05, 4.69) is 5.32 Å². The molecule has 116 valence electrons. The van der Waals surface area contributed by atoms with E-state index in [9.17, 15) is 24.6 Å². The molecule has 2 heterocycles. The van der Waals surface area contributed by atoms with Crippen LogP contribution in [0.3, 0.4) is 0 Å². The molecule has 7 nitrogen and oxygen atoms in total. The van der Waals surface area contributed by atoms with Gasteiger partial charge >= 0.3 is 5.97 Å². The molecule has 0 spiro atoms. The number of aliphatic carboxylic acids is 1. The van der Waals surface area contributed by atoms with Gasteiger partial charge in [-0.25, -0.2) is 4.79 Å². The highest BCUT2D eigenvalue weighted by Crippen LogP contribution is 2.38. The summed E-state index contributed by atoms with van der Waals surface area (Å²) in [7, 11) is 0. The number of aliphatic hydroxyl groups excluding tert-OH is 1. The fourth-order valence-electron chi connectivity index (χ4n) is 3.42. The molecule has 0 aromatic rings. The van der Waals surface area contributed by atoms with Gasteiger partial charge < -0.3 is 20.4 Å². The minimum Gasteiger partial charge on any atom is -0.480 e. The van der Waals surface area contributed by atoms with E-state index in [4.69, 9.17) is 0 Å². The number of piperidine rings is 1. The highest BCUT2D eigenvalue weighted by Gasteiger charge is 2.54. The molecule has 0 aromatic carbocycles. The normalized spacial score (nSPS) is 35.9. The van der Waals surface area contributed by atoms with Crippen LogP contribution in [-0.2, 0) is 14.4 Å². The van der Waals surface area contributed by atoms with Crippen LogP contribution >= 0.6 is 0 Å². The number of nitrogens with zero attached hydrogens (tertiary/aromatic N) is 1. The standard InChI is InChI=1S/C14H20N2O5/c1-3-4-8-5-9(14(20)21)16-11(19)6-10(18)12(13(8)16)15-7(2)17/h3-4,8-10,12-13,18H,5-6H2,1-2H3,(H,15,17)(H,20,21)/b4-3-/t8-,9-,10-,12+,13-/m1/s1. The number of amides is 2. The topological polar surface area (TPSA) is 107 Å². The number of fused-ring (bicyclic) bond motifs is 1. The molecule has 0 saturated carbocycles. The molecule has 0 aliphatic carbocycles. The van der Waals surface area contributed by atoms with Gasteiger partial charge in [0.15, 0.2) is 0 Å². The Hall–Kier alpha value is -1.89. The van der Waals surface area contributed by atoms with Gasteiger partial charge in [-0.2, -0.15) is 0 Å². The van der Waals surface area contributed by atoms with E-state index in [1.54, 1.807) is 6.08 Å². The second-order valence-corrected chi connectivity index (χ2v) is 5.57. The van der Waals surface area contributed by atoms with Gasteiger partial charge in [-0.15, -0.1) is 0 Å². The van der Waals surface area contributed by atoms with Crippen LogP contribution in [0, 0.1) is 5.92 Å². The molecule has 2 amide bonds. The zero-order valence-corrected chi connectivity index (χ0v) is 12.0. The maximum atomic E-state index is 12.1. The van der Waals surface area contributed by atoms with Crippen molar-refractivity contribution < 1.29 is 24.6 Å². The smallest absolute Gasteiger partial charge is 0.326 e. The lowest BCUT2D eigenvalue weighted by atomic mass is 9.86. The van der Waals surface area contributed by atoms with Crippen LogP contribution in [0.2, 0.25) is 0 Å². The van der Waals surface area contributed by atoms with Crippen LogP contribution in [0.4, 0.5) is 0 Å². The highest BCUT2D eigenvalue weighted by atomic mass is 16.4. The summed E-state index contributed by atoms with van der Waals surface area (Å²) in [4.78, 5) is 36.2. The summed E-state index contributed by atoms with van der Waals surface area (Å²) in [6.07, 6.45) is 2.75. The van der Waals surface area contributed by atoms with Gasteiger partial charge in [0.05, 0.1) is 24.6 Å². The number of aliphatic hydroxyl groups is 1. The third kappa shape index (κ3) is 2.78. The van der Waals surface area contributed by atoms with Gasteiger partial charge in [-0.3, -0.25) is 9.59 Å². The van der Waals surface area contributed by atoms with Crippen LogP contribution in [0.25, 0.3) is 0 Å². The third-order valence-corrected chi connectivity index (χ3v) is 4.14. The Bertz CT molecular complexity index is 490. The van der Waals surface area contributed by atoms with E-state index in [0.717, 1.165) is 0 Å². The Balaban J connectivity index is 2.39. The van der Waals surface area contributed by atoms with Crippen LogP contribution in [0.15, 0.2) is 12.2 Å². The molecule has 21 heavy (non-hydrogen) atoms. The maximum absolute atomic E-state index is 12.1. The molecule has 0 aromatic heterocycles. The van der Waals surface area contributed by atoms with E-state index >= 15 is 0 Å². The largest absolute Gasteiger partial charge is 0.480 e. The lowest BCUT2D eigenvalue weighted by Gasteiger charge is -2.42. The predicted octanol–water partition coefficient (Wildman–Crippen LogP) is -0.498. The number of carbonyl (C=O) groups is 3. The number of hydrogen-bond acceptors (Lipinski definition) is 4. The second-order valence-electron chi connectivity index (χ2n) is 5.57.